The topological polar surface area (TPSA) is 78.8 Å². The van der Waals surface area contributed by atoms with E-state index < -0.39 is 12.0 Å². The van der Waals surface area contributed by atoms with Gasteiger partial charge in [0.1, 0.15) is 6.04 Å². The smallest absolute Gasteiger partial charge is 0.320 e. The van der Waals surface area contributed by atoms with Crippen LogP contribution in [0.2, 0.25) is 0 Å². The predicted octanol–water partition coefficient (Wildman–Crippen LogP) is 2.38. The molecule has 0 saturated heterocycles. The third kappa shape index (κ3) is 4.74. The highest BCUT2D eigenvalue weighted by molar-refractivity contribution is 5.73. The summed E-state index contributed by atoms with van der Waals surface area (Å²) < 4.78 is 5.30. The van der Waals surface area contributed by atoms with Crippen molar-refractivity contribution in [1.82, 2.24) is 5.32 Å². The standard InChI is InChI=1S/C15H23NO4/c1-4-20-13-7-5-6-11(14(13)17)9-16-12(15(18)19)8-10(2)3/h5-7,10,12,16-17H,4,8-9H2,1-3H3,(H,18,19). The first-order valence-electron chi connectivity index (χ1n) is 6.85. The zero-order valence-electron chi connectivity index (χ0n) is 12.2. The Labute approximate surface area is 119 Å². The number of para-hydroxylation sites is 1. The quantitative estimate of drug-likeness (QED) is 0.682. The minimum atomic E-state index is -0.876. The number of phenols is 1. The van der Waals surface area contributed by atoms with Crippen LogP contribution in [0.15, 0.2) is 18.2 Å². The van der Waals surface area contributed by atoms with E-state index in [1.54, 1.807) is 18.2 Å². The van der Waals surface area contributed by atoms with Crippen molar-refractivity contribution in [2.75, 3.05) is 6.61 Å². The Morgan fingerprint density at radius 3 is 2.65 bits per heavy atom. The molecule has 0 saturated carbocycles. The number of benzene rings is 1. The summed E-state index contributed by atoms with van der Waals surface area (Å²) in [6, 6.07) is 4.59. The van der Waals surface area contributed by atoms with Gasteiger partial charge in [-0.2, -0.15) is 0 Å². The molecule has 0 amide bonds. The summed E-state index contributed by atoms with van der Waals surface area (Å²) in [5.74, 6) is -0.107. The molecule has 0 heterocycles. The van der Waals surface area contributed by atoms with Crippen LogP contribution in [0.5, 0.6) is 11.5 Å². The van der Waals surface area contributed by atoms with E-state index in [0.29, 0.717) is 24.3 Å². The molecule has 0 aliphatic carbocycles. The summed E-state index contributed by atoms with van der Waals surface area (Å²) in [6.45, 7) is 6.55. The van der Waals surface area contributed by atoms with Crippen LogP contribution in [0.3, 0.4) is 0 Å². The Morgan fingerprint density at radius 1 is 1.40 bits per heavy atom. The van der Waals surface area contributed by atoms with Gasteiger partial charge in [-0.1, -0.05) is 26.0 Å². The van der Waals surface area contributed by atoms with Crippen LogP contribution < -0.4 is 10.1 Å². The van der Waals surface area contributed by atoms with Gasteiger partial charge in [0.25, 0.3) is 0 Å². The summed E-state index contributed by atoms with van der Waals surface area (Å²) in [5.41, 5.74) is 0.631. The molecule has 1 unspecified atom stereocenters. The van der Waals surface area contributed by atoms with Crippen molar-refractivity contribution in [3.63, 3.8) is 0 Å². The van der Waals surface area contributed by atoms with E-state index in [2.05, 4.69) is 5.32 Å². The second-order valence-corrected chi connectivity index (χ2v) is 5.10. The fourth-order valence-electron chi connectivity index (χ4n) is 1.96. The molecule has 5 nitrogen and oxygen atoms in total. The van der Waals surface area contributed by atoms with Gasteiger partial charge < -0.3 is 20.3 Å². The van der Waals surface area contributed by atoms with E-state index in [-0.39, 0.29) is 18.2 Å². The molecule has 0 aliphatic heterocycles. The van der Waals surface area contributed by atoms with Crippen LogP contribution in [0.4, 0.5) is 0 Å². The molecule has 20 heavy (non-hydrogen) atoms. The van der Waals surface area contributed by atoms with E-state index in [0.717, 1.165) is 0 Å². The minimum Gasteiger partial charge on any atom is -0.504 e. The number of carboxylic acid groups (broad SMARTS) is 1. The maximum atomic E-state index is 11.2. The Hall–Kier alpha value is -1.75. The normalized spacial score (nSPS) is 12.4. The van der Waals surface area contributed by atoms with Gasteiger partial charge in [-0.15, -0.1) is 0 Å². The van der Waals surface area contributed by atoms with Crippen molar-refractivity contribution in [3.05, 3.63) is 23.8 Å². The number of rotatable bonds is 8. The van der Waals surface area contributed by atoms with Crippen LogP contribution in [0.1, 0.15) is 32.8 Å². The molecule has 0 spiro atoms. The van der Waals surface area contributed by atoms with Crippen molar-refractivity contribution in [2.24, 2.45) is 5.92 Å². The lowest BCUT2D eigenvalue weighted by Crippen LogP contribution is -2.37. The summed E-state index contributed by atoms with van der Waals surface area (Å²) >= 11 is 0. The first-order chi connectivity index (χ1) is 9.45. The number of phenolic OH excluding ortho intramolecular Hbond substituents is 1. The van der Waals surface area contributed by atoms with Crippen LogP contribution in [-0.2, 0) is 11.3 Å². The van der Waals surface area contributed by atoms with E-state index in [1.807, 2.05) is 20.8 Å². The SMILES string of the molecule is CCOc1cccc(CNC(CC(C)C)C(=O)O)c1O. The average molecular weight is 281 g/mol. The number of aromatic hydroxyl groups is 1. The van der Waals surface area contributed by atoms with Crippen molar-refractivity contribution in [1.29, 1.82) is 0 Å². The molecule has 0 fully saturated rings. The second kappa shape index (κ2) is 7.75. The van der Waals surface area contributed by atoms with Crippen molar-refractivity contribution in [3.8, 4) is 11.5 Å². The Balaban J connectivity index is 2.72. The average Bonchev–Trinajstić information content (AvgIpc) is 2.37. The lowest BCUT2D eigenvalue weighted by atomic mass is 10.0. The lowest BCUT2D eigenvalue weighted by Gasteiger charge is -2.17. The molecule has 5 heteroatoms. The van der Waals surface area contributed by atoms with Crippen LogP contribution in [-0.4, -0.2) is 28.8 Å². The molecule has 0 bridgehead atoms. The van der Waals surface area contributed by atoms with Crippen LogP contribution in [0.25, 0.3) is 0 Å². The van der Waals surface area contributed by atoms with E-state index in [9.17, 15) is 9.90 Å². The van der Waals surface area contributed by atoms with Gasteiger partial charge in [0.2, 0.25) is 0 Å². The van der Waals surface area contributed by atoms with Gasteiger partial charge in [-0.05, 0) is 25.3 Å². The highest BCUT2D eigenvalue weighted by Crippen LogP contribution is 2.29. The summed E-state index contributed by atoms with van der Waals surface area (Å²) in [6.07, 6.45) is 0.543. The fourth-order valence-corrected chi connectivity index (χ4v) is 1.96. The Bertz CT molecular complexity index is 445. The Morgan fingerprint density at radius 2 is 2.10 bits per heavy atom. The van der Waals surface area contributed by atoms with Gasteiger partial charge in [0.05, 0.1) is 6.61 Å². The maximum Gasteiger partial charge on any atom is 0.320 e. The lowest BCUT2D eigenvalue weighted by molar-refractivity contribution is -0.140. The van der Waals surface area contributed by atoms with Crippen LogP contribution >= 0.6 is 0 Å². The maximum absolute atomic E-state index is 11.2. The zero-order valence-corrected chi connectivity index (χ0v) is 12.2. The highest BCUT2D eigenvalue weighted by Gasteiger charge is 2.19. The molecule has 0 aliphatic rings. The van der Waals surface area contributed by atoms with Gasteiger partial charge in [-0.3, -0.25) is 4.79 Å². The largest absolute Gasteiger partial charge is 0.504 e. The first kappa shape index (κ1) is 16.3. The third-order valence-electron chi connectivity index (χ3n) is 2.93. The summed E-state index contributed by atoms with van der Waals surface area (Å²) in [7, 11) is 0. The molecular formula is C15H23NO4. The first-order valence-corrected chi connectivity index (χ1v) is 6.85. The number of carbonyl (C=O) groups is 1. The van der Waals surface area contributed by atoms with E-state index in [4.69, 9.17) is 9.84 Å². The Kier molecular flexibility index (Phi) is 6.31. The molecule has 112 valence electrons. The van der Waals surface area contributed by atoms with Gasteiger partial charge in [0, 0.05) is 12.1 Å². The highest BCUT2D eigenvalue weighted by atomic mass is 16.5. The van der Waals surface area contributed by atoms with Gasteiger partial charge >= 0.3 is 5.97 Å². The number of carboxylic acids is 1. The number of ether oxygens (including phenoxy) is 1. The van der Waals surface area contributed by atoms with Crippen molar-refractivity contribution < 1.29 is 19.7 Å². The second-order valence-electron chi connectivity index (χ2n) is 5.10. The zero-order chi connectivity index (χ0) is 15.1. The monoisotopic (exact) mass is 281 g/mol. The fraction of sp³-hybridized carbons (Fsp3) is 0.533. The molecular weight excluding hydrogens is 258 g/mol. The molecule has 1 rings (SSSR count). The van der Waals surface area contributed by atoms with E-state index >= 15 is 0 Å². The van der Waals surface area contributed by atoms with Crippen LogP contribution in [0, 0.1) is 5.92 Å². The molecule has 1 aromatic carbocycles. The minimum absolute atomic E-state index is 0.0653. The number of aliphatic carboxylic acids is 1. The summed E-state index contributed by atoms with van der Waals surface area (Å²) in [4.78, 5) is 11.2. The number of nitrogens with one attached hydrogen (secondary N) is 1. The van der Waals surface area contributed by atoms with Gasteiger partial charge in [0.15, 0.2) is 11.5 Å². The summed E-state index contributed by atoms with van der Waals surface area (Å²) in [5, 5.41) is 22.2. The van der Waals surface area contributed by atoms with E-state index in [1.165, 1.54) is 0 Å². The predicted molar refractivity (Wildman–Crippen MR) is 77.0 cm³/mol. The molecule has 1 atom stereocenters. The molecule has 0 aromatic heterocycles. The third-order valence-corrected chi connectivity index (χ3v) is 2.93. The number of hydrogen-bond donors (Lipinski definition) is 3. The van der Waals surface area contributed by atoms with Gasteiger partial charge in [-0.25, -0.2) is 0 Å². The van der Waals surface area contributed by atoms with Crippen molar-refractivity contribution in [2.45, 2.75) is 39.8 Å². The number of hydrogen-bond acceptors (Lipinski definition) is 4. The molecule has 1 aromatic rings. The molecule has 0 radical (unpaired) electrons. The molecule has 3 N–H and O–H groups in total. The van der Waals surface area contributed by atoms with Crippen molar-refractivity contribution >= 4 is 5.97 Å².